The maximum atomic E-state index is 13.5. The van der Waals surface area contributed by atoms with Crippen LogP contribution in [0.15, 0.2) is 42.5 Å². The monoisotopic (exact) mass is 301 g/mol. The van der Waals surface area contributed by atoms with Gasteiger partial charge < -0.3 is 10.1 Å². The van der Waals surface area contributed by atoms with Gasteiger partial charge >= 0.3 is 0 Å². The molecule has 0 bridgehead atoms. The van der Waals surface area contributed by atoms with E-state index >= 15 is 0 Å². The number of nitrogens with one attached hydrogen (secondary N) is 1. The third-order valence-corrected chi connectivity index (χ3v) is 3.20. The molecule has 2 aromatic rings. The molecule has 0 aliphatic heterocycles. The molecule has 2 aromatic carbocycles. The van der Waals surface area contributed by atoms with Crippen molar-refractivity contribution in [1.82, 2.24) is 0 Å². The largest absolute Gasteiger partial charge is 0.494 e. The van der Waals surface area contributed by atoms with Gasteiger partial charge in [-0.15, -0.1) is 0 Å². The van der Waals surface area contributed by atoms with Gasteiger partial charge in [0.1, 0.15) is 11.6 Å². The molecule has 22 heavy (non-hydrogen) atoms. The number of hydrogen-bond acceptors (Lipinski definition) is 2. The summed E-state index contributed by atoms with van der Waals surface area (Å²) in [6.45, 7) is 4.30. The minimum Gasteiger partial charge on any atom is -0.494 e. The van der Waals surface area contributed by atoms with Crippen LogP contribution in [0.2, 0.25) is 0 Å². The predicted molar refractivity (Wildman–Crippen MR) is 85.7 cm³/mol. The Balaban J connectivity index is 1.75. The van der Waals surface area contributed by atoms with Crippen LogP contribution in [-0.2, 0) is 4.79 Å². The maximum absolute atomic E-state index is 13.5. The first-order valence-electron chi connectivity index (χ1n) is 7.30. The van der Waals surface area contributed by atoms with E-state index in [1.165, 1.54) is 6.07 Å². The maximum Gasteiger partial charge on any atom is 0.224 e. The lowest BCUT2D eigenvalue weighted by Crippen LogP contribution is -2.14. The highest BCUT2D eigenvalue weighted by atomic mass is 19.1. The van der Waals surface area contributed by atoms with Crippen LogP contribution >= 0.6 is 0 Å². The molecule has 1 N–H and O–H groups in total. The van der Waals surface area contributed by atoms with Crippen LogP contribution in [0.1, 0.15) is 24.0 Å². The Kier molecular flexibility index (Phi) is 5.53. The van der Waals surface area contributed by atoms with E-state index in [-0.39, 0.29) is 11.6 Å². The molecule has 0 spiro atoms. The zero-order chi connectivity index (χ0) is 15.9. The molecule has 0 atom stereocenters. The number of ether oxygens (including phenoxy) is 1. The minimum absolute atomic E-state index is 0.211. The number of anilines is 1. The lowest BCUT2D eigenvalue weighted by Gasteiger charge is -2.08. The normalized spacial score (nSPS) is 10.3. The van der Waals surface area contributed by atoms with E-state index in [0.717, 1.165) is 16.9 Å². The topological polar surface area (TPSA) is 38.3 Å². The van der Waals surface area contributed by atoms with Gasteiger partial charge in [0.2, 0.25) is 5.91 Å². The number of benzene rings is 2. The minimum atomic E-state index is -0.421. The van der Waals surface area contributed by atoms with Crippen LogP contribution in [0.25, 0.3) is 0 Å². The van der Waals surface area contributed by atoms with Gasteiger partial charge in [0.15, 0.2) is 0 Å². The Labute approximate surface area is 130 Å². The predicted octanol–water partition coefficient (Wildman–Crippen LogP) is 4.24. The molecule has 0 fully saturated rings. The van der Waals surface area contributed by atoms with Crippen LogP contribution in [0.5, 0.6) is 5.75 Å². The molecule has 0 unspecified atom stereocenters. The quantitative estimate of drug-likeness (QED) is 0.810. The second kappa shape index (κ2) is 7.59. The van der Waals surface area contributed by atoms with E-state index in [0.29, 0.717) is 19.4 Å². The summed E-state index contributed by atoms with van der Waals surface area (Å²) in [5.74, 6) is 0.164. The molecule has 116 valence electrons. The summed E-state index contributed by atoms with van der Waals surface area (Å²) in [4.78, 5) is 11.8. The molecule has 0 aromatic heterocycles. The molecule has 0 heterocycles. The van der Waals surface area contributed by atoms with Crippen molar-refractivity contribution in [3.8, 4) is 5.75 Å². The lowest BCUT2D eigenvalue weighted by atomic mass is 10.2. The van der Waals surface area contributed by atoms with E-state index in [1.54, 1.807) is 12.1 Å². The van der Waals surface area contributed by atoms with Crippen molar-refractivity contribution < 1.29 is 13.9 Å². The van der Waals surface area contributed by atoms with Gasteiger partial charge in [-0.05, 0) is 55.7 Å². The van der Waals surface area contributed by atoms with Crippen LogP contribution < -0.4 is 10.1 Å². The highest BCUT2D eigenvalue weighted by Gasteiger charge is 2.07. The number of amides is 1. The first-order valence-corrected chi connectivity index (χ1v) is 7.30. The van der Waals surface area contributed by atoms with E-state index < -0.39 is 5.82 Å². The van der Waals surface area contributed by atoms with E-state index in [1.807, 2.05) is 38.1 Å². The van der Waals surface area contributed by atoms with E-state index in [4.69, 9.17) is 4.74 Å². The van der Waals surface area contributed by atoms with Gasteiger partial charge in [0.05, 0.1) is 12.3 Å². The third-order valence-electron chi connectivity index (χ3n) is 3.20. The van der Waals surface area contributed by atoms with Gasteiger partial charge in [0.25, 0.3) is 0 Å². The molecular formula is C18H20FNO2. The van der Waals surface area contributed by atoms with Gasteiger partial charge in [-0.1, -0.05) is 18.2 Å². The third kappa shape index (κ3) is 4.88. The van der Waals surface area contributed by atoms with Crippen molar-refractivity contribution in [3.05, 3.63) is 59.4 Å². The van der Waals surface area contributed by atoms with Gasteiger partial charge in [-0.3, -0.25) is 4.79 Å². The molecule has 0 aliphatic carbocycles. The summed E-state index contributed by atoms with van der Waals surface area (Å²) in [5.41, 5.74) is 2.26. The van der Waals surface area contributed by atoms with Crippen LogP contribution in [0.4, 0.5) is 10.1 Å². The van der Waals surface area contributed by atoms with Gasteiger partial charge in [-0.25, -0.2) is 4.39 Å². The second-order valence-corrected chi connectivity index (χ2v) is 5.30. The van der Waals surface area contributed by atoms with Crippen molar-refractivity contribution in [3.63, 3.8) is 0 Å². The van der Waals surface area contributed by atoms with Crippen LogP contribution in [-0.4, -0.2) is 12.5 Å². The molecule has 0 saturated heterocycles. The van der Waals surface area contributed by atoms with Crippen molar-refractivity contribution in [2.75, 3.05) is 11.9 Å². The summed E-state index contributed by atoms with van der Waals surface area (Å²) in [6.07, 6.45) is 0.867. The standard InChI is InChI=1S/C18H20FNO2/c1-13-5-3-6-15(11-13)22-10-4-7-18(21)20-17-12-14(2)8-9-16(17)19/h3,5-6,8-9,11-12H,4,7,10H2,1-2H3,(H,20,21). The van der Waals surface area contributed by atoms with E-state index in [9.17, 15) is 9.18 Å². The van der Waals surface area contributed by atoms with E-state index in [2.05, 4.69) is 5.32 Å². The highest BCUT2D eigenvalue weighted by Crippen LogP contribution is 2.16. The average molecular weight is 301 g/mol. The van der Waals surface area contributed by atoms with Crippen molar-refractivity contribution >= 4 is 11.6 Å². The Hall–Kier alpha value is -2.36. The Morgan fingerprint density at radius 1 is 1.14 bits per heavy atom. The molecule has 1 amide bonds. The molecule has 0 saturated carbocycles. The smallest absolute Gasteiger partial charge is 0.224 e. The molecule has 0 aliphatic rings. The number of carbonyl (C=O) groups is 1. The summed E-state index contributed by atoms with van der Waals surface area (Å²) >= 11 is 0. The average Bonchev–Trinajstić information content (AvgIpc) is 2.48. The number of aryl methyl sites for hydroxylation is 2. The number of carbonyl (C=O) groups excluding carboxylic acids is 1. The Bertz CT molecular complexity index is 655. The zero-order valence-corrected chi connectivity index (χ0v) is 12.9. The fourth-order valence-electron chi connectivity index (χ4n) is 2.08. The molecule has 2 rings (SSSR count). The first-order chi connectivity index (χ1) is 10.5. The summed E-state index contributed by atoms with van der Waals surface area (Å²) in [7, 11) is 0. The van der Waals surface area contributed by atoms with Crippen molar-refractivity contribution in [1.29, 1.82) is 0 Å². The van der Waals surface area contributed by atoms with Crippen molar-refractivity contribution in [2.45, 2.75) is 26.7 Å². The Morgan fingerprint density at radius 2 is 1.91 bits per heavy atom. The molecule has 0 radical (unpaired) electrons. The number of hydrogen-bond donors (Lipinski definition) is 1. The fourth-order valence-corrected chi connectivity index (χ4v) is 2.08. The second-order valence-electron chi connectivity index (χ2n) is 5.30. The molecule has 4 heteroatoms. The highest BCUT2D eigenvalue weighted by molar-refractivity contribution is 5.90. The van der Waals surface area contributed by atoms with Crippen molar-refractivity contribution in [2.24, 2.45) is 0 Å². The Morgan fingerprint density at radius 3 is 2.68 bits per heavy atom. The summed E-state index contributed by atoms with van der Waals surface area (Å²) in [5, 5.41) is 2.59. The molecular weight excluding hydrogens is 281 g/mol. The summed E-state index contributed by atoms with van der Waals surface area (Å²) < 4.78 is 19.1. The van der Waals surface area contributed by atoms with Crippen LogP contribution in [0, 0.1) is 19.7 Å². The van der Waals surface area contributed by atoms with Crippen LogP contribution in [0.3, 0.4) is 0 Å². The summed E-state index contributed by atoms with van der Waals surface area (Å²) in [6, 6.07) is 12.4. The molecule has 3 nitrogen and oxygen atoms in total. The number of rotatable bonds is 6. The fraction of sp³-hybridized carbons (Fsp3) is 0.278. The van der Waals surface area contributed by atoms with Gasteiger partial charge in [-0.2, -0.15) is 0 Å². The SMILES string of the molecule is Cc1cccc(OCCCC(=O)Nc2cc(C)ccc2F)c1. The first kappa shape index (κ1) is 16.0. The number of halogens is 1. The van der Waals surface area contributed by atoms with Gasteiger partial charge in [0, 0.05) is 6.42 Å². The lowest BCUT2D eigenvalue weighted by molar-refractivity contribution is -0.116. The zero-order valence-electron chi connectivity index (χ0n) is 12.9.